The zero-order valence-electron chi connectivity index (χ0n) is 14.4. The summed E-state index contributed by atoms with van der Waals surface area (Å²) < 4.78 is 29.6. The van der Waals surface area contributed by atoms with Gasteiger partial charge in [-0.3, -0.25) is 4.68 Å². The van der Waals surface area contributed by atoms with Crippen LogP contribution < -0.4 is 4.72 Å². The van der Waals surface area contributed by atoms with Crippen molar-refractivity contribution in [3.8, 4) is 0 Å². The standard InChI is InChI=1S/C17H25N3O2S/c1-6-20-14(5)17(11-18-20)23(21,22)19-13(4)16-9-7-15(8-10-16)12(2)3/h7-13,19H,6H2,1-5H3. The summed E-state index contributed by atoms with van der Waals surface area (Å²) in [5, 5.41) is 4.11. The normalized spacial score (nSPS) is 13.5. The van der Waals surface area contributed by atoms with Gasteiger partial charge in [-0.15, -0.1) is 0 Å². The van der Waals surface area contributed by atoms with Crippen molar-refractivity contribution < 1.29 is 8.42 Å². The summed E-state index contributed by atoms with van der Waals surface area (Å²) in [6.07, 6.45) is 1.41. The topological polar surface area (TPSA) is 64.0 Å². The molecule has 0 bridgehead atoms. The maximum atomic E-state index is 12.6. The van der Waals surface area contributed by atoms with E-state index in [-0.39, 0.29) is 10.9 Å². The fourth-order valence-corrected chi connectivity index (χ4v) is 3.95. The molecule has 0 saturated heterocycles. The van der Waals surface area contributed by atoms with Crippen LogP contribution in [0.4, 0.5) is 0 Å². The van der Waals surface area contributed by atoms with Crippen molar-refractivity contribution in [1.29, 1.82) is 0 Å². The Hall–Kier alpha value is -1.66. The second-order valence-corrected chi connectivity index (χ2v) is 7.76. The molecule has 0 saturated carbocycles. The second-order valence-electron chi connectivity index (χ2n) is 6.07. The highest BCUT2D eigenvalue weighted by atomic mass is 32.2. The fourth-order valence-electron chi connectivity index (χ4n) is 2.55. The zero-order chi connectivity index (χ0) is 17.2. The van der Waals surface area contributed by atoms with Gasteiger partial charge in [0.15, 0.2) is 0 Å². The van der Waals surface area contributed by atoms with Crippen LogP contribution in [0.3, 0.4) is 0 Å². The van der Waals surface area contributed by atoms with E-state index < -0.39 is 10.0 Å². The van der Waals surface area contributed by atoms with E-state index in [4.69, 9.17) is 0 Å². The molecule has 6 heteroatoms. The number of aromatic nitrogens is 2. The van der Waals surface area contributed by atoms with Crippen LogP contribution in [0.1, 0.15) is 56.5 Å². The molecule has 1 aromatic heterocycles. The van der Waals surface area contributed by atoms with Gasteiger partial charge in [-0.1, -0.05) is 38.1 Å². The first-order valence-electron chi connectivity index (χ1n) is 7.90. The Morgan fingerprint density at radius 1 is 1.13 bits per heavy atom. The molecule has 0 amide bonds. The van der Waals surface area contributed by atoms with E-state index in [2.05, 4.69) is 23.7 Å². The van der Waals surface area contributed by atoms with Crippen molar-refractivity contribution in [2.24, 2.45) is 0 Å². The lowest BCUT2D eigenvalue weighted by Crippen LogP contribution is -2.27. The van der Waals surface area contributed by atoms with Crippen LogP contribution in [0.2, 0.25) is 0 Å². The van der Waals surface area contributed by atoms with Crippen molar-refractivity contribution in [2.75, 3.05) is 0 Å². The predicted octanol–water partition coefficient (Wildman–Crippen LogP) is 3.37. The smallest absolute Gasteiger partial charge is 0.244 e. The highest BCUT2D eigenvalue weighted by Gasteiger charge is 2.23. The van der Waals surface area contributed by atoms with Crippen LogP contribution in [0.15, 0.2) is 35.4 Å². The summed E-state index contributed by atoms with van der Waals surface area (Å²) in [5.41, 5.74) is 2.84. The van der Waals surface area contributed by atoms with Crippen LogP contribution in [-0.4, -0.2) is 18.2 Å². The van der Waals surface area contributed by atoms with E-state index in [9.17, 15) is 8.42 Å². The van der Waals surface area contributed by atoms with Gasteiger partial charge in [0.1, 0.15) is 4.90 Å². The average Bonchev–Trinajstić information content (AvgIpc) is 2.88. The van der Waals surface area contributed by atoms with Gasteiger partial charge in [0, 0.05) is 12.6 Å². The van der Waals surface area contributed by atoms with Gasteiger partial charge < -0.3 is 0 Å². The number of nitrogens with one attached hydrogen (secondary N) is 1. The Bertz CT molecular complexity index is 762. The molecule has 1 atom stereocenters. The summed E-state index contributed by atoms with van der Waals surface area (Å²) in [4.78, 5) is 0.241. The zero-order valence-corrected chi connectivity index (χ0v) is 15.2. The van der Waals surface area contributed by atoms with Gasteiger partial charge in [0.25, 0.3) is 0 Å². The lowest BCUT2D eigenvalue weighted by atomic mass is 10.00. The van der Waals surface area contributed by atoms with Gasteiger partial charge in [-0.2, -0.15) is 5.10 Å². The van der Waals surface area contributed by atoms with Crippen molar-refractivity contribution in [3.63, 3.8) is 0 Å². The third-order valence-electron chi connectivity index (χ3n) is 4.08. The first kappa shape index (κ1) is 17.7. The first-order chi connectivity index (χ1) is 10.8. The van der Waals surface area contributed by atoms with Gasteiger partial charge >= 0.3 is 0 Å². The Balaban J connectivity index is 2.20. The largest absolute Gasteiger partial charge is 0.269 e. The van der Waals surface area contributed by atoms with E-state index in [0.717, 1.165) is 5.56 Å². The molecule has 2 aromatic rings. The van der Waals surface area contributed by atoms with Crippen LogP contribution in [0.25, 0.3) is 0 Å². The average molecular weight is 335 g/mol. The Morgan fingerprint density at radius 3 is 2.17 bits per heavy atom. The number of rotatable bonds is 6. The fraction of sp³-hybridized carbons (Fsp3) is 0.471. The number of hydrogen-bond donors (Lipinski definition) is 1. The third kappa shape index (κ3) is 3.82. The lowest BCUT2D eigenvalue weighted by Gasteiger charge is -2.15. The molecule has 0 aliphatic carbocycles. The second kappa shape index (κ2) is 6.84. The quantitative estimate of drug-likeness (QED) is 0.880. The molecule has 23 heavy (non-hydrogen) atoms. The van der Waals surface area contributed by atoms with E-state index >= 15 is 0 Å². The highest BCUT2D eigenvalue weighted by molar-refractivity contribution is 7.89. The van der Waals surface area contributed by atoms with Gasteiger partial charge in [0.05, 0.1) is 11.9 Å². The van der Waals surface area contributed by atoms with Crippen LogP contribution in [0, 0.1) is 6.92 Å². The minimum atomic E-state index is -3.59. The number of aryl methyl sites for hydroxylation is 1. The van der Waals surface area contributed by atoms with E-state index in [1.165, 1.54) is 11.8 Å². The molecule has 0 radical (unpaired) electrons. The molecule has 0 aliphatic rings. The summed E-state index contributed by atoms with van der Waals surface area (Å²) in [6, 6.07) is 7.75. The molecule has 5 nitrogen and oxygen atoms in total. The molecule has 126 valence electrons. The van der Waals surface area contributed by atoms with Crippen molar-refractivity contribution >= 4 is 10.0 Å². The summed E-state index contributed by atoms with van der Waals surface area (Å²) >= 11 is 0. The van der Waals surface area contributed by atoms with Crippen LogP contribution >= 0.6 is 0 Å². The summed E-state index contributed by atoms with van der Waals surface area (Å²) in [6.45, 7) is 10.5. The molecule has 1 heterocycles. The molecule has 1 unspecified atom stereocenters. The summed E-state index contributed by atoms with van der Waals surface area (Å²) in [5.74, 6) is 0.457. The van der Waals surface area contributed by atoms with Crippen molar-refractivity contribution in [1.82, 2.24) is 14.5 Å². The van der Waals surface area contributed by atoms with E-state index in [1.54, 1.807) is 11.6 Å². The molecule has 0 spiro atoms. The Kier molecular flexibility index (Phi) is 5.26. The van der Waals surface area contributed by atoms with Gasteiger partial charge in [0.2, 0.25) is 10.0 Å². The van der Waals surface area contributed by atoms with Crippen molar-refractivity contribution in [3.05, 3.63) is 47.3 Å². The molecule has 1 N–H and O–H groups in total. The summed E-state index contributed by atoms with van der Waals surface area (Å²) in [7, 11) is -3.59. The molecular weight excluding hydrogens is 310 g/mol. The SMILES string of the molecule is CCn1ncc(S(=O)(=O)NC(C)c2ccc(C(C)C)cc2)c1C. The van der Waals surface area contributed by atoms with Gasteiger partial charge in [-0.25, -0.2) is 13.1 Å². The van der Waals surface area contributed by atoms with Crippen molar-refractivity contribution in [2.45, 2.75) is 58.0 Å². The molecule has 1 aromatic carbocycles. The number of hydrogen-bond acceptors (Lipinski definition) is 3. The Morgan fingerprint density at radius 2 is 1.70 bits per heavy atom. The molecule has 0 aliphatic heterocycles. The van der Waals surface area contributed by atoms with Crippen LogP contribution in [-0.2, 0) is 16.6 Å². The molecule has 2 rings (SSSR count). The third-order valence-corrected chi connectivity index (χ3v) is 5.73. The predicted molar refractivity (Wildman–Crippen MR) is 91.9 cm³/mol. The first-order valence-corrected chi connectivity index (χ1v) is 9.39. The maximum Gasteiger partial charge on any atom is 0.244 e. The minimum Gasteiger partial charge on any atom is -0.269 e. The van der Waals surface area contributed by atoms with Gasteiger partial charge in [-0.05, 0) is 37.8 Å². The van der Waals surface area contributed by atoms with Crippen LogP contribution in [0.5, 0.6) is 0 Å². The van der Waals surface area contributed by atoms with E-state index in [1.807, 2.05) is 38.1 Å². The van der Waals surface area contributed by atoms with E-state index in [0.29, 0.717) is 18.2 Å². The number of sulfonamides is 1. The monoisotopic (exact) mass is 335 g/mol. The maximum absolute atomic E-state index is 12.6. The highest BCUT2D eigenvalue weighted by Crippen LogP contribution is 2.21. The molecular formula is C17H25N3O2S. The minimum absolute atomic E-state index is 0.241. The lowest BCUT2D eigenvalue weighted by molar-refractivity contribution is 0.565. The number of nitrogens with zero attached hydrogens (tertiary/aromatic N) is 2. The number of benzene rings is 1. The Labute approximate surface area is 138 Å². The molecule has 0 fully saturated rings.